The number of benzene rings is 3. The summed E-state index contributed by atoms with van der Waals surface area (Å²) in [4.78, 5) is 0.139. The molecule has 0 unspecified atom stereocenters. The normalized spacial score (nSPS) is 12.7. The van der Waals surface area contributed by atoms with E-state index in [4.69, 9.17) is 9.88 Å². The van der Waals surface area contributed by atoms with Crippen molar-refractivity contribution in [2.24, 2.45) is 5.14 Å². The van der Waals surface area contributed by atoms with Gasteiger partial charge in [0, 0.05) is 25.3 Å². The lowest BCUT2D eigenvalue weighted by Crippen LogP contribution is -2.22. The summed E-state index contributed by atoms with van der Waals surface area (Å²) in [7, 11) is -3.72. The Balaban J connectivity index is 1.21. The number of aliphatic hydroxyl groups is 2. The number of fused-ring (bicyclic) bond motifs is 1. The molecule has 3 aromatic carbocycles. The van der Waals surface area contributed by atoms with E-state index in [0.717, 1.165) is 74.4 Å². The van der Waals surface area contributed by atoms with Gasteiger partial charge in [-0.15, -0.1) is 0 Å². The molecule has 0 aliphatic carbocycles. The average molecular weight is 545 g/mol. The molecule has 1 atom stereocenters. The summed E-state index contributed by atoms with van der Waals surface area (Å²) in [6, 6.07) is 15.8. The highest BCUT2D eigenvalue weighted by Crippen LogP contribution is 2.24. The molecule has 9 heteroatoms. The molecule has 0 aliphatic rings. The Morgan fingerprint density at radius 1 is 0.895 bits per heavy atom. The Hall–Kier alpha value is -2.53. The fraction of sp³-hybridized carbons (Fsp3) is 0.448. The Labute approximate surface area is 225 Å². The Bertz CT molecular complexity index is 1270. The van der Waals surface area contributed by atoms with Crippen molar-refractivity contribution in [3.63, 3.8) is 0 Å². The van der Waals surface area contributed by atoms with Crippen LogP contribution in [0, 0.1) is 0 Å². The lowest BCUT2D eigenvalue weighted by molar-refractivity contribution is 0.126. The molecule has 208 valence electrons. The molecule has 0 aliphatic heterocycles. The highest BCUT2D eigenvalue weighted by Gasteiger charge is 2.11. The number of aryl methyl sites for hydroxylation is 1. The maximum atomic E-state index is 11.7. The summed E-state index contributed by atoms with van der Waals surface area (Å²) in [5, 5.41) is 39.6. The van der Waals surface area contributed by atoms with Gasteiger partial charge in [-0.1, -0.05) is 43.2 Å². The highest BCUT2D eigenvalue weighted by molar-refractivity contribution is 7.89. The second-order valence-corrected chi connectivity index (χ2v) is 11.2. The van der Waals surface area contributed by atoms with Crippen molar-refractivity contribution in [1.29, 1.82) is 0 Å². The van der Waals surface area contributed by atoms with Gasteiger partial charge in [0.15, 0.2) is 0 Å². The SMILES string of the molecule is NS(=O)(=O)c1ccc2cccc(CCCCOCCCCCCNC[C@H](O)c3ccc(O)c(CO)c3)c2c1. The summed E-state index contributed by atoms with van der Waals surface area (Å²) in [5.74, 6) is 0.0317. The maximum Gasteiger partial charge on any atom is 0.238 e. The van der Waals surface area contributed by atoms with E-state index in [0.29, 0.717) is 24.3 Å². The van der Waals surface area contributed by atoms with Crippen LogP contribution in [0.1, 0.15) is 61.3 Å². The summed E-state index contributed by atoms with van der Waals surface area (Å²) in [6.07, 6.45) is 6.27. The number of ether oxygens (including phenoxy) is 1. The molecule has 0 heterocycles. The number of sulfonamides is 1. The number of nitrogens with two attached hydrogens (primary N) is 1. The largest absolute Gasteiger partial charge is 0.508 e. The van der Waals surface area contributed by atoms with E-state index in [1.807, 2.05) is 18.2 Å². The van der Waals surface area contributed by atoms with Gasteiger partial charge < -0.3 is 25.4 Å². The topological polar surface area (TPSA) is 142 Å². The summed E-state index contributed by atoms with van der Waals surface area (Å²) in [6.45, 7) is 2.43. The van der Waals surface area contributed by atoms with Crippen LogP contribution in [0.4, 0.5) is 0 Å². The number of hydrogen-bond acceptors (Lipinski definition) is 7. The smallest absolute Gasteiger partial charge is 0.238 e. The van der Waals surface area contributed by atoms with E-state index in [2.05, 4.69) is 5.32 Å². The minimum Gasteiger partial charge on any atom is -0.508 e. The molecule has 0 aromatic heterocycles. The minimum atomic E-state index is -3.72. The van der Waals surface area contributed by atoms with Crippen molar-refractivity contribution < 1.29 is 28.5 Å². The molecule has 8 nitrogen and oxygen atoms in total. The van der Waals surface area contributed by atoms with Crippen LogP contribution in [0.3, 0.4) is 0 Å². The van der Waals surface area contributed by atoms with Crippen molar-refractivity contribution >= 4 is 20.8 Å². The molecular formula is C29H40N2O6S. The van der Waals surface area contributed by atoms with E-state index in [9.17, 15) is 23.7 Å². The Morgan fingerprint density at radius 3 is 2.42 bits per heavy atom. The van der Waals surface area contributed by atoms with Gasteiger partial charge in [-0.25, -0.2) is 13.6 Å². The molecule has 0 fully saturated rings. The first-order valence-electron chi connectivity index (χ1n) is 13.2. The highest BCUT2D eigenvalue weighted by atomic mass is 32.2. The molecule has 0 saturated heterocycles. The summed E-state index contributed by atoms with van der Waals surface area (Å²) in [5.41, 5.74) is 2.20. The van der Waals surface area contributed by atoms with Gasteiger partial charge in [-0.3, -0.25) is 0 Å². The minimum absolute atomic E-state index is 0.0317. The van der Waals surface area contributed by atoms with Crippen molar-refractivity contribution in [1.82, 2.24) is 5.32 Å². The lowest BCUT2D eigenvalue weighted by Gasteiger charge is -2.14. The van der Waals surface area contributed by atoms with Crippen LogP contribution in [0.25, 0.3) is 10.8 Å². The third-order valence-electron chi connectivity index (χ3n) is 6.65. The van der Waals surface area contributed by atoms with Crippen LogP contribution < -0.4 is 10.5 Å². The van der Waals surface area contributed by atoms with Crippen molar-refractivity contribution in [2.75, 3.05) is 26.3 Å². The van der Waals surface area contributed by atoms with Gasteiger partial charge in [0.05, 0.1) is 17.6 Å². The maximum absolute atomic E-state index is 11.7. The fourth-order valence-corrected chi connectivity index (χ4v) is 4.98. The zero-order chi connectivity index (χ0) is 27.4. The standard InChI is InChI=1S/C29H40N2O6S/c30-38(35,36)26-13-11-23-10-7-9-22(27(23)19-26)8-3-6-17-37-16-5-2-1-4-15-31-20-29(34)24-12-14-28(33)25(18-24)21-32/h7,9-14,18-19,29,31-34H,1-6,8,15-17,20-21H2,(H2,30,35,36)/t29-/m0/s1. The molecule has 0 radical (unpaired) electrons. The van der Waals surface area contributed by atoms with Crippen LogP contribution in [0.2, 0.25) is 0 Å². The van der Waals surface area contributed by atoms with Gasteiger partial charge in [0.2, 0.25) is 10.0 Å². The van der Waals surface area contributed by atoms with Gasteiger partial charge in [-0.05, 0) is 84.8 Å². The average Bonchev–Trinajstić information content (AvgIpc) is 2.90. The molecule has 3 rings (SSSR count). The fourth-order valence-electron chi connectivity index (χ4n) is 4.44. The van der Waals surface area contributed by atoms with Crippen molar-refractivity contribution in [2.45, 2.75) is 62.6 Å². The molecule has 38 heavy (non-hydrogen) atoms. The number of phenols is 1. The molecule has 0 saturated carbocycles. The lowest BCUT2D eigenvalue weighted by atomic mass is 10.0. The predicted molar refractivity (Wildman–Crippen MR) is 149 cm³/mol. The first-order valence-corrected chi connectivity index (χ1v) is 14.8. The molecule has 0 amide bonds. The van der Waals surface area contributed by atoms with Gasteiger partial charge >= 0.3 is 0 Å². The number of rotatable bonds is 17. The number of aliphatic hydroxyl groups excluding tert-OH is 2. The van der Waals surface area contributed by atoms with Crippen molar-refractivity contribution in [3.8, 4) is 5.75 Å². The number of hydrogen-bond donors (Lipinski definition) is 5. The third kappa shape index (κ3) is 9.34. The van der Waals surface area contributed by atoms with Gasteiger partial charge in [-0.2, -0.15) is 0 Å². The quantitative estimate of drug-likeness (QED) is 0.162. The van der Waals surface area contributed by atoms with E-state index < -0.39 is 16.1 Å². The zero-order valence-corrected chi connectivity index (χ0v) is 22.6. The van der Waals surface area contributed by atoms with E-state index in [1.165, 1.54) is 6.07 Å². The van der Waals surface area contributed by atoms with E-state index in [-0.39, 0.29) is 17.3 Å². The monoisotopic (exact) mass is 544 g/mol. The number of nitrogens with one attached hydrogen (secondary N) is 1. The first-order chi connectivity index (χ1) is 18.3. The summed E-state index contributed by atoms with van der Waals surface area (Å²) < 4.78 is 29.2. The molecule has 3 aromatic rings. The van der Waals surface area contributed by atoms with Crippen LogP contribution in [-0.2, 0) is 27.8 Å². The molecule has 0 spiro atoms. The van der Waals surface area contributed by atoms with Gasteiger partial charge in [0.25, 0.3) is 0 Å². The van der Waals surface area contributed by atoms with Crippen LogP contribution in [-0.4, -0.2) is 50.0 Å². The first kappa shape index (κ1) is 30.0. The molecule has 0 bridgehead atoms. The van der Waals surface area contributed by atoms with Crippen LogP contribution in [0.15, 0.2) is 59.5 Å². The van der Waals surface area contributed by atoms with Crippen LogP contribution in [0.5, 0.6) is 5.75 Å². The van der Waals surface area contributed by atoms with Gasteiger partial charge in [0.1, 0.15) is 5.75 Å². The van der Waals surface area contributed by atoms with Crippen LogP contribution >= 0.6 is 0 Å². The van der Waals surface area contributed by atoms with Crippen molar-refractivity contribution in [3.05, 3.63) is 71.3 Å². The summed E-state index contributed by atoms with van der Waals surface area (Å²) >= 11 is 0. The van der Waals surface area contributed by atoms with E-state index in [1.54, 1.807) is 30.3 Å². The number of unbranched alkanes of at least 4 members (excludes halogenated alkanes) is 4. The second-order valence-electron chi connectivity index (χ2n) is 9.59. The predicted octanol–water partition coefficient (Wildman–Crippen LogP) is 3.91. The van der Waals surface area contributed by atoms with E-state index >= 15 is 0 Å². The third-order valence-corrected chi connectivity index (χ3v) is 7.56. The number of aromatic hydroxyl groups is 1. The number of primary sulfonamides is 1. The Kier molecular flexibility index (Phi) is 12.0. The molecule has 6 N–H and O–H groups in total. The molecular weight excluding hydrogens is 504 g/mol. The zero-order valence-electron chi connectivity index (χ0n) is 21.8. The Morgan fingerprint density at radius 2 is 1.66 bits per heavy atom. The second kappa shape index (κ2) is 15.2.